The van der Waals surface area contributed by atoms with E-state index < -0.39 is 58.0 Å². The number of aliphatic hydroxyl groups is 3. The van der Waals surface area contributed by atoms with Crippen molar-refractivity contribution in [2.24, 2.45) is 17.6 Å². The van der Waals surface area contributed by atoms with Crippen LogP contribution in [0.3, 0.4) is 0 Å². The summed E-state index contributed by atoms with van der Waals surface area (Å²) in [6.45, 7) is 3.06. The number of nitrogens with one attached hydrogen (secondary N) is 2. The number of aliphatic hydroxyl groups excluding tert-OH is 2. The number of fused-ring (bicyclic) bond motifs is 3. The minimum absolute atomic E-state index is 0.0472. The van der Waals surface area contributed by atoms with Crippen LogP contribution in [-0.2, 0) is 16.0 Å². The Bertz CT molecular complexity index is 1420. The normalized spacial score (nSPS) is 29.4. The van der Waals surface area contributed by atoms with Crippen LogP contribution >= 0.6 is 0 Å². The summed E-state index contributed by atoms with van der Waals surface area (Å²) >= 11 is 0. The Morgan fingerprint density at radius 2 is 1.93 bits per heavy atom. The maximum atomic E-state index is 14.0. The molecule has 5 atom stereocenters. The molecule has 1 aliphatic heterocycles. The first-order valence-corrected chi connectivity index (χ1v) is 13.9. The number of allylic oxidation sites excluding steroid dienone is 1. The lowest BCUT2D eigenvalue weighted by molar-refractivity contribution is -0.148. The number of phenols is 1. The molecule has 0 radical (unpaired) electrons. The monoisotopic (exact) mass is 568 g/mol. The highest BCUT2D eigenvalue weighted by Crippen LogP contribution is 2.53. The van der Waals surface area contributed by atoms with Crippen molar-refractivity contribution in [1.29, 1.82) is 0 Å². The van der Waals surface area contributed by atoms with Crippen molar-refractivity contribution in [2.45, 2.75) is 56.7 Å². The SMILES string of the molecule is CCCNC(=O)c1c(C2CCCN2)cc(O)c2c1C[C@H]1C[C@H]3[C@H](N(C)C)C(O)=C(C(N)=O)C(=O)[C@@]3(O)C(O)=C1C2=O. The summed E-state index contributed by atoms with van der Waals surface area (Å²) in [5.41, 5.74) is 2.58. The van der Waals surface area contributed by atoms with Gasteiger partial charge in [0, 0.05) is 29.6 Å². The van der Waals surface area contributed by atoms with Gasteiger partial charge < -0.3 is 36.8 Å². The molecular formula is C29H36N4O8. The maximum Gasteiger partial charge on any atom is 0.255 e. The first-order chi connectivity index (χ1) is 19.4. The van der Waals surface area contributed by atoms with Crippen molar-refractivity contribution in [1.82, 2.24) is 15.5 Å². The quantitative estimate of drug-likeness (QED) is 0.239. The molecule has 0 saturated carbocycles. The fraction of sp³-hybridized carbons (Fsp3) is 0.517. The molecule has 1 aromatic rings. The number of likely N-dealkylation sites (N-methyl/N-ethyl adjacent to an activating group) is 1. The molecule has 1 heterocycles. The lowest BCUT2D eigenvalue weighted by Gasteiger charge is -2.50. The van der Waals surface area contributed by atoms with Gasteiger partial charge in [-0.15, -0.1) is 0 Å². The number of nitrogens with zero attached hydrogens (tertiary/aromatic N) is 1. The minimum atomic E-state index is -2.71. The molecule has 1 unspecified atom stereocenters. The van der Waals surface area contributed by atoms with Crippen LogP contribution in [0.4, 0.5) is 0 Å². The molecule has 4 aliphatic rings. The highest BCUT2D eigenvalue weighted by molar-refractivity contribution is 6.25. The number of Topliss-reactive ketones (excluding diaryl/α,β-unsaturated/α-hetero) is 2. The smallest absolute Gasteiger partial charge is 0.255 e. The number of hydrogen-bond acceptors (Lipinski definition) is 10. The zero-order chi connectivity index (χ0) is 30.0. The van der Waals surface area contributed by atoms with Gasteiger partial charge in [-0.2, -0.15) is 0 Å². The molecule has 12 heteroatoms. The van der Waals surface area contributed by atoms with E-state index in [2.05, 4.69) is 10.6 Å². The molecule has 1 fully saturated rings. The van der Waals surface area contributed by atoms with Crippen molar-refractivity contribution in [3.05, 3.63) is 51.0 Å². The largest absolute Gasteiger partial charge is 0.510 e. The molecule has 5 rings (SSSR count). The zero-order valence-electron chi connectivity index (χ0n) is 23.3. The van der Waals surface area contributed by atoms with Gasteiger partial charge in [0.1, 0.15) is 22.8 Å². The predicted octanol–water partition coefficient (Wildman–Crippen LogP) is 0.685. The Kier molecular flexibility index (Phi) is 7.21. The van der Waals surface area contributed by atoms with E-state index in [9.17, 15) is 39.6 Å². The van der Waals surface area contributed by atoms with E-state index in [1.165, 1.54) is 11.0 Å². The van der Waals surface area contributed by atoms with Crippen molar-refractivity contribution < 1.29 is 39.6 Å². The summed E-state index contributed by atoms with van der Waals surface area (Å²) in [6, 6.07) is 0.113. The van der Waals surface area contributed by atoms with E-state index in [0.717, 1.165) is 19.4 Å². The van der Waals surface area contributed by atoms with E-state index in [1.54, 1.807) is 14.1 Å². The molecule has 0 spiro atoms. The minimum Gasteiger partial charge on any atom is -0.510 e. The number of amides is 2. The summed E-state index contributed by atoms with van der Waals surface area (Å²) in [4.78, 5) is 54.6. The van der Waals surface area contributed by atoms with Crippen LogP contribution in [0.25, 0.3) is 0 Å². The molecule has 12 nitrogen and oxygen atoms in total. The van der Waals surface area contributed by atoms with Crippen molar-refractivity contribution >= 4 is 23.4 Å². The highest BCUT2D eigenvalue weighted by atomic mass is 16.3. The third kappa shape index (κ3) is 4.15. The second kappa shape index (κ2) is 10.3. The maximum absolute atomic E-state index is 14.0. The molecule has 3 aliphatic carbocycles. The van der Waals surface area contributed by atoms with Gasteiger partial charge >= 0.3 is 0 Å². The summed E-state index contributed by atoms with van der Waals surface area (Å²) in [5.74, 6) is -7.60. The van der Waals surface area contributed by atoms with Crippen molar-refractivity contribution in [2.75, 3.05) is 27.2 Å². The average Bonchev–Trinajstić information content (AvgIpc) is 3.43. The number of nitrogens with two attached hydrogens (primary N) is 1. The average molecular weight is 569 g/mol. The van der Waals surface area contributed by atoms with Gasteiger partial charge in [-0.3, -0.25) is 24.1 Å². The summed E-state index contributed by atoms with van der Waals surface area (Å²) in [5, 5.41) is 51.5. The molecule has 1 aromatic carbocycles. The lowest BCUT2D eigenvalue weighted by atomic mass is 9.58. The van der Waals surface area contributed by atoms with E-state index >= 15 is 0 Å². The van der Waals surface area contributed by atoms with Gasteiger partial charge in [-0.05, 0) is 75.9 Å². The molecule has 0 bridgehead atoms. The standard InChI is InChI=1S/C29H36N4O8/c1-4-7-32-28(40)19-13(16-6-5-8-31-16)11-17(34)20-14(19)9-12-10-15-22(33(2)3)24(36)21(27(30)39)26(38)29(15,41)25(37)18(12)23(20)35/h11-12,15-16,22,31,34,36-37,41H,4-10H2,1-3H3,(H2,30,39)(H,32,40)/t12-,15-,16?,22-,29-/m0/s1. The van der Waals surface area contributed by atoms with E-state index in [4.69, 9.17) is 5.73 Å². The number of hydrogen-bond donors (Lipinski definition) is 7. The van der Waals surface area contributed by atoms with Crippen LogP contribution in [0, 0.1) is 11.8 Å². The fourth-order valence-corrected chi connectivity index (χ4v) is 7.17. The number of carbonyl (C=O) groups excluding carboxylic acids is 4. The van der Waals surface area contributed by atoms with Crippen LogP contribution in [0.15, 0.2) is 28.7 Å². The van der Waals surface area contributed by atoms with Crippen molar-refractivity contribution in [3.8, 4) is 5.75 Å². The van der Waals surface area contributed by atoms with Crippen molar-refractivity contribution in [3.63, 3.8) is 0 Å². The number of phenolic OH excluding ortho intramolecular Hbond substituents is 1. The molecule has 0 aromatic heterocycles. The third-order valence-electron chi connectivity index (χ3n) is 8.95. The van der Waals surface area contributed by atoms with Crippen LogP contribution in [-0.4, -0.2) is 87.5 Å². The highest BCUT2D eigenvalue weighted by Gasteiger charge is 2.63. The first-order valence-electron chi connectivity index (χ1n) is 13.9. The molecule has 1 saturated heterocycles. The van der Waals surface area contributed by atoms with Crippen LogP contribution in [0.2, 0.25) is 0 Å². The molecule has 8 N–H and O–H groups in total. The van der Waals surface area contributed by atoms with E-state index in [-0.39, 0.29) is 41.7 Å². The number of rotatable bonds is 6. The first kappa shape index (κ1) is 28.8. The zero-order valence-corrected chi connectivity index (χ0v) is 23.3. The lowest BCUT2D eigenvalue weighted by Crippen LogP contribution is -2.63. The van der Waals surface area contributed by atoms with Gasteiger partial charge in [-0.25, -0.2) is 0 Å². The number of primary amides is 1. The van der Waals surface area contributed by atoms with Crippen LogP contribution < -0.4 is 16.4 Å². The molecule has 220 valence electrons. The van der Waals surface area contributed by atoms with Crippen LogP contribution in [0.5, 0.6) is 5.75 Å². The molecule has 2 amide bonds. The Morgan fingerprint density at radius 3 is 2.51 bits per heavy atom. The second-order valence-electron chi connectivity index (χ2n) is 11.6. The summed E-state index contributed by atoms with van der Waals surface area (Å²) in [7, 11) is 3.14. The summed E-state index contributed by atoms with van der Waals surface area (Å²) < 4.78 is 0. The Morgan fingerprint density at radius 1 is 1.22 bits per heavy atom. The van der Waals surface area contributed by atoms with Gasteiger partial charge in [0.15, 0.2) is 11.4 Å². The molecule has 41 heavy (non-hydrogen) atoms. The van der Waals surface area contributed by atoms with E-state index in [1.807, 2.05) is 6.92 Å². The van der Waals surface area contributed by atoms with Gasteiger partial charge in [0.05, 0.1) is 11.6 Å². The number of ketones is 2. The van der Waals surface area contributed by atoms with Gasteiger partial charge in [-0.1, -0.05) is 6.92 Å². The topological polar surface area (TPSA) is 203 Å². The number of aromatic hydroxyl groups is 1. The summed E-state index contributed by atoms with van der Waals surface area (Å²) in [6.07, 6.45) is 2.32. The predicted molar refractivity (Wildman–Crippen MR) is 146 cm³/mol. The van der Waals surface area contributed by atoms with Gasteiger partial charge in [0.2, 0.25) is 5.78 Å². The molecular weight excluding hydrogens is 532 g/mol. The number of carbonyl (C=O) groups is 4. The Hall–Kier alpha value is -3.74. The Balaban J connectivity index is 1.72. The Labute approximate surface area is 236 Å². The van der Waals surface area contributed by atoms with Crippen LogP contribution in [0.1, 0.15) is 70.5 Å². The van der Waals surface area contributed by atoms with E-state index in [0.29, 0.717) is 29.7 Å². The number of benzene rings is 1. The fourth-order valence-electron chi connectivity index (χ4n) is 7.17. The second-order valence-corrected chi connectivity index (χ2v) is 11.6. The third-order valence-corrected chi connectivity index (χ3v) is 8.95. The van der Waals surface area contributed by atoms with Gasteiger partial charge in [0.25, 0.3) is 11.8 Å².